The minimum absolute atomic E-state index is 0.0198. The maximum atomic E-state index is 13.8. The second-order valence-corrected chi connectivity index (χ2v) is 14.4. The molecule has 6 rings (SSSR count). The maximum Gasteiger partial charge on any atom is 0.369 e. The smallest absolute Gasteiger partial charge is 0.369 e. The number of methoxy groups -OCH3 is 1. The van der Waals surface area contributed by atoms with Crippen molar-refractivity contribution in [3.63, 3.8) is 0 Å². The van der Waals surface area contributed by atoms with Gasteiger partial charge >= 0.3 is 11.3 Å². The van der Waals surface area contributed by atoms with Crippen LogP contribution in [0.25, 0.3) is 0 Å². The van der Waals surface area contributed by atoms with Gasteiger partial charge < -0.3 is 24.4 Å². The molecule has 1 N–H and O–H groups in total. The molecule has 230 valence electrons. The Morgan fingerprint density at radius 3 is 2.21 bits per heavy atom. The van der Waals surface area contributed by atoms with Gasteiger partial charge in [0.25, 0.3) is 5.91 Å². The minimum Gasteiger partial charge on any atom is -0.461 e. The lowest BCUT2D eigenvalue weighted by Crippen LogP contribution is -2.79. The summed E-state index contributed by atoms with van der Waals surface area (Å²) in [5.41, 5.74) is 0.587. The van der Waals surface area contributed by atoms with Crippen LogP contribution in [-0.2, 0) is 23.9 Å². The number of nitrogens with zero attached hydrogens (tertiary/aromatic N) is 2. The second-order valence-electron chi connectivity index (χ2n) is 10.2. The third-order valence-corrected chi connectivity index (χ3v) is 9.08. The van der Waals surface area contributed by atoms with Crippen molar-refractivity contribution < 1.29 is 33.4 Å². The number of hydrogen-bond acceptors (Lipinski definition) is 9. The van der Waals surface area contributed by atoms with Crippen molar-refractivity contribution in [1.82, 2.24) is 15.1 Å². The van der Waals surface area contributed by atoms with Crippen molar-refractivity contribution in [2.24, 2.45) is 5.92 Å². The second kappa shape index (κ2) is 13.8. The molecule has 4 heterocycles. The maximum absolute atomic E-state index is 13.8. The van der Waals surface area contributed by atoms with Gasteiger partial charge in [0, 0.05) is 31.4 Å². The van der Waals surface area contributed by atoms with Crippen LogP contribution in [0.5, 0.6) is 11.5 Å². The Hall–Kier alpha value is -1.86. The first kappa shape index (κ1) is 33.0. The molecule has 5 aliphatic rings. The van der Waals surface area contributed by atoms with E-state index in [9.17, 15) is 19.2 Å². The summed E-state index contributed by atoms with van der Waals surface area (Å²) < 4.78 is 13.3. The highest BCUT2D eigenvalue weighted by Crippen LogP contribution is 2.54. The number of rotatable bonds is 8. The molecule has 0 aromatic heterocycles. The molecule has 1 aliphatic carbocycles. The highest BCUT2D eigenvalue weighted by molar-refractivity contribution is 9.09. The molecule has 2 amide bonds. The summed E-state index contributed by atoms with van der Waals surface area (Å²) >= 11 is 21.5. The Balaban J connectivity index is 0.000000496. The fourth-order valence-electron chi connectivity index (χ4n) is 5.15. The Morgan fingerprint density at radius 1 is 1.17 bits per heavy atom. The summed E-state index contributed by atoms with van der Waals surface area (Å²) in [6.45, 7) is 2.15. The van der Waals surface area contributed by atoms with Crippen LogP contribution in [0.2, 0.25) is 0 Å². The van der Waals surface area contributed by atoms with E-state index >= 15 is 0 Å². The van der Waals surface area contributed by atoms with Gasteiger partial charge in [-0.2, -0.15) is 0 Å². The van der Waals surface area contributed by atoms with Crippen LogP contribution < -0.4 is 10.1 Å². The molecule has 2 unspecified atom stereocenters. The first-order valence-electron chi connectivity index (χ1n) is 13.4. The van der Waals surface area contributed by atoms with Crippen molar-refractivity contribution in [1.29, 1.82) is 0 Å². The molecule has 42 heavy (non-hydrogen) atoms. The molecule has 10 nitrogen and oxygen atoms in total. The number of ether oxygens (including phenoxy) is 3. The third-order valence-electron chi connectivity index (χ3n) is 7.05. The Kier molecular flexibility index (Phi) is 10.9. The molecule has 4 aliphatic heterocycles. The number of benzene rings is 1. The molecule has 2 atom stereocenters. The Bertz CT molecular complexity index is 1230. The number of β-lactam (4-membered cyclic amide) rings is 1. The average molecular weight is 728 g/mol. The van der Waals surface area contributed by atoms with Gasteiger partial charge in [0.15, 0.2) is 10.6 Å². The number of carbonyl (C=O) groups excluding carboxylic acids is 4. The van der Waals surface area contributed by atoms with Gasteiger partial charge in [-0.05, 0) is 61.9 Å². The molecular weight excluding hydrogens is 697 g/mol. The zero-order valence-corrected chi connectivity index (χ0v) is 27.7. The van der Waals surface area contributed by atoms with E-state index in [-0.39, 0.29) is 16.9 Å². The molecule has 1 saturated carbocycles. The van der Waals surface area contributed by atoms with Gasteiger partial charge in [-0.15, -0.1) is 0 Å². The number of amides is 2. The van der Waals surface area contributed by atoms with Crippen molar-refractivity contribution in [2.75, 3.05) is 32.1 Å². The van der Waals surface area contributed by atoms with E-state index in [0.717, 1.165) is 43.6 Å². The number of likely N-dealkylation sites (tertiary alicyclic amines) is 2. The van der Waals surface area contributed by atoms with E-state index in [1.54, 1.807) is 0 Å². The zero-order chi connectivity index (χ0) is 30.7. The molecule has 1 aromatic rings. The van der Waals surface area contributed by atoms with Crippen molar-refractivity contribution in [3.05, 3.63) is 35.7 Å². The van der Waals surface area contributed by atoms with Crippen LogP contribution in [0.4, 0.5) is 4.79 Å². The predicted molar refractivity (Wildman–Crippen MR) is 164 cm³/mol. The van der Waals surface area contributed by atoms with Crippen molar-refractivity contribution in [3.8, 4) is 11.5 Å². The first-order valence-corrected chi connectivity index (χ1v) is 16.4. The molecule has 15 heteroatoms. The van der Waals surface area contributed by atoms with Crippen LogP contribution in [0.15, 0.2) is 35.7 Å². The number of halogens is 4. The molecule has 1 aromatic carbocycles. The fourth-order valence-corrected chi connectivity index (χ4v) is 7.08. The fraction of sp³-hybridized carbons (Fsp3) is 0.556. The average Bonchev–Trinajstić information content (AvgIpc) is 3.78. The van der Waals surface area contributed by atoms with Gasteiger partial charge in [-0.3, -0.25) is 14.5 Å². The van der Waals surface area contributed by atoms with Gasteiger partial charge in [-0.1, -0.05) is 56.8 Å². The molecule has 0 spiro atoms. The molecule has 3 fully saturated rings. The topological polar surface area (TPSA) is 114 Å². The molecule has 2 bridgehead atoms. The van der Waals surface area contributed by atoms with Gasteiger partial charge in [0.05, 0.1) is 18.8 Å². The monoisotopic (exact) mass is 725 g/mol. The standard InChI is InChI=1S/C21H27BrCl3N3O6S.C6H4O/c1-12(29)26-21(35-19(32)33-2)16(13-6-7-13)28(18(21)31)15(17(30)34-11-20(23,24)25)14(10-22)27-8-4-3-5-9-27;1-2-5-4-6(3-1)7-5/h13,16H,3-11H2,1-2H3,(H,26,29);1-4H. The largest absolute Gasteiger partial charge is 0.461 e. The van der Waals surface area contributed by atoms with Crippen LogP contribution in [0.3, 0.4) is 0 Å². The van der Waals surface area contributed by atoms with Gasteiger partial charge in [-0.25, -0.2) is 9.59 Å². The highest BCUT2D eigenvalue weighted by Gasteiger charge is 2.69. The number of fused-ring (bicyclic) bond motifs is 2. The van der Waals surface area contributed by atoms with Crippen LogP contribution in [0.1, 0.15) is 39.0 Å². The van der Waals surface area contributed by atoms with E-state index in [0.29, 0.717) is 30.5 Å². The number of allylic oxidation sites excluding steroid dienone is 1. The van der Waals surface area contributed by atoms with Crippen LogP contribution in [0, 0.1) is 5.92 Å². The number of piperidine rings is 1. The lowest BCUT2D eigenvalue weighted by molar-refractivity contribution is -0.160. The highest BCUT2D eigenvalue weighted by atomic mass is 79.9. The van der Waals surface area contributed by atoms with Gasteiger partial charge in [0.2, 0.25) is 9.70 Å². The summed E-state index contributed by atoms with van der Waals surface area (Å²) in [6.07, 6.45) is 4.46. The number of thioether (sulfide) groups is 1. The zero-order valence-electron chi connectivity index (χ0n) is 23.0. The first-order chi connectivity index (χ1) is 19.9. The van der Waals surface area contributed by atoms with Crippen LogP contribution in [-0.4, -0.2) is 79.7 Å². The van der Waals surface area contributed by atoms with E-state index in [2.05, 4.69) is 21.2 Å². The summed E-state index contributed by atoms with van der Waals surface area (Å²) in [5, 5.41) is 2.21. The number of esters is 1. The summed E-state index contributed by atoms with van der Waals surface area (Å²) in [7, 11) is 1.20. The van der Waals surface area contributed by atoms with E-state index in [4.69, 9.17) is 49.0 Å². The molecule has 0 radical (unpaired) electrons. The lowest BCUT2D eigenvalue weighted by atomic mass is 9.88. The molecule has 2 saturated heterocycles. The number of nitrogens with one attached hydrogen (secondary N) is 1. The van der Waals surface area contributed by atoms with E-state index < -0.39 is 44.4 Å². The number of alkyl halides is 4. The Labute approximate surface area is 271 Å². The number of hydrogen-bond donors (Lipinski definition) is 1. The SMILES string of the molecule is COC(=O)SC1(NC(C)=O)C(=O)N(C(C(=O)OCC(Cl)(Cl)Cl)=C(CBr)N2CCCCC2)C1C1CC1.c1cc2cc(c1)O2. The summed E-state index contributed by atoms with van der Waals surface area (Å²) in [5.74, 6) is 0.00727. The minimum atomic E-state index is -1.84. The molecular formula is C27H31BrCl3N3O7S. The summed E-state index contributed by atoms with van der Waals surface area (Å²) in [6, 6.07) is 7.19. The predicted octanol–water partition coefficient (Wildman–Crippen LogP) is 5.74. The number of carbonyl (C=O) groups is 4. The lowest BCUT2D eigenvalue weighted by Gasteiger charge is -2.55. The quantitative estimate of drug-likeness (QED) is 0.120. The van der Waals surface area contributed by atoms with Crippen molar-refractivity contribution in [2.45, 2.75) is 53.7 Å². The Morgan fingerprint density at radius 2 is 1.79 bits per heavy atom. The van der Waals surface area contributed by atoms with Gasteiger partial charge in [0.1, 0.15) is 18.1 Å². The van der Waals surface area contributed by atoms with E-state index in [1.165, 1.54) is 18.9 Å². The normalized spacial score (nSPS) is 23.2. The van der Waals surface area contributed by atoms with Crippen molar-refractivity contribution >= 4 is 85.6 Å². The van der Waals surface area contributed by atoms with Crippen LogP contribution >= 0.6 is 62.5 Å². The van der Waals surface area contributed by atoms with E-state index in [1.807, 2.05) is 29.2 Å². The third kappa shape index (κ3) is 7.61. The summed E-state index contributed by atoms with van der Waals surface area (Å²) in [4.78, 5) is 53.4.